The van der Waals surface area contributed by atoms with Gasteiger partial charge in [-0.15, -0.1) is 0 Å². The Morgan fingerprint density at radius 3 is 3.18 bits per heavy atom. The highest BCUT2D eigenvalue weighted by molar-refractivity contribution is 5.95. The number of aryl methyl sites for hydroxylation is 1. The zero-order valence-corrected chi connectivity index (χ0v) is 10.5. The first-order valence-electron chi connectivity index (χ1n) is 6.25. The van der Waals surface area contributed by atoms with Crippen LogP contribution in [0.4, 0.5) is 0 Å². The summed E-state index contributed by atoms with van der Waals surface area (Å²) in [7, 11) is 0. The third kappa shape index (κ3) is 2.66. The van der Waals surface area contributed by atoms with Gasteiger partial charge in [-0.1, -0.05) is 6.92 Å². The summed E-state index contributed by atoms with van der Waals surface area (Å²) in [5.41, 5.74) is 1.54. The number of nitrogens with zero attached hydrogens (tertiary/aromatic N) is 2. The molecule has 5 nitrogen and oxygen atoms in total. The second-order valence-corrected chi connectivity index (χ2v) is 4.56. The lowest BCUT2D eigenvalue weighted by Gasteiger charge is -2.33. The number of nitrogens with one attached hydrogen (secondary N) is 2. The zero-order valence-electron chi connectivity index (χ0n) is 10.5. The van der Waals surface area contributed by atoms with E-state index in [1.165, 1.54) is 0 Å². The van der Waals surface area contributed by atoms with Crippen LogP contribution >= 0.6 is 0 Å². The minimum absolute atomic E-state index is 0.0962. The van der Waals surface area contributed by atoms with Gasteiger partial charge >= 0.3 is 0 Å². The molecule has 1 aromatic rings. The number of rotatable bonds is 3. The summed E-state index contributed by atoms with van der Waals surface area (Å²) in [6.45, 7) is 6.59. The molecule has 5 heteroatoms. The Kier molecular flexibility index (Phi) is 3.78. The topological polar surface area (TPSA) is 61.0 Å². The van der Waals surface area contributed by atoms with Crippen LogP contribution in [0.3, 0.4) is 0 Å². The maximum absolute atomic E-state index is 12.3. The number of H-pyrrole nitrogens is 1. The molecule has 1 amide bonds. The average molecular weight is 236 g/mol. The first-order chi connectivity index (χ1) is 8.22. The van der Waals surface area contributed by atoms with Crippen molar-refractivity contribution in [2.75, 3.05) is 19.6 Å². The van der Waals surface area contributed by atoms with Gasteiger partial charge in [-0.2, -0.15) is 5.10 Å². The first kappa shape index (κ1) is 12.1. The number of likely N-dealkylation sites (N-methyl/N-ethyl adjacent to an activating group) is 1. The van der Waals surface area contributed by atoms with Gasteiger partial charge in [0.2, 0.25) is 0 Å². The molecule has 1 atom stereocenters. The summed E-state index contributed by atoms with van der Waals surface area (Å²) >= 11 is 0. The van der Waals surface area contributed by atoms with E-state index in [4.69, 9.17) is 0 Å². The van der Waals surface area contributed by atoms with Crippen LogP contribution in [-0.4, -0.2) is 46.7 Å². The van der Waals surface area contributed by atoms with Gasteiger partial charge in [0, 0.05) is 24.8 Å². The van der Waals surface area contributed by atoms with Gasteiger partial charge in [0.25, 0.3) is 5.91 Å². The van der Waals surface area contributed by atoms with E-state index < -0.39 is 0 Å². The van der Waals surface area contributed by atoms with Gasteiger partial charge in [-0.25, -0.2) is 0 Å². The molecular weight excluding hydrogens is 216 g/mol. The Hall–Kier alpha value is -1.36. The molecule has 2 rings (SSSR count). The monoisotopic (exact) mass is 236 g/mol. The van der Waals surface area contributed by atoms with Crippen LogP contribution in [0.25, 0.3) is 0 Å². The summed E-state index contributed by atoms with van der Waals surface area (Å²) in [4.78, 5) is 14.2. The van der Waals surface area contributed by atoms with E-state index >= 15 is 0 Å². The molecule has 2 N–H and O–H groups in total. The van der Waals surface area contributed by atoms with E-state index in [1.807, 2.05) is 11.8 Å². The minimum atomic E-state index is 0.0962. The maximum atomic E-state index is 12.3. The lowest BCUT2D eigenvalue weighted by molar-refractivity contribution is 0.0695. The van der Waals surface area contributed by atoms with Gasteiger partial charge in [0.15, 0.2) is 0 Å². The Balaban J connectivity index is 2.02. The molecule has 0 radical (unpaired) electrons. The molecule has 1 aliphatic heterocycles. The van der Waals surface area contributed by atoms with Gasteiger partial charge in [0.1, 0.15) is 0 Å². The Labute approximate surface area is 102 Å². The van der Waals surface area contributed by atoms with Crippen LogP contribution in [0.2, 0.25) is 0 Å². The van der Waals surface area contributed by atoms with Crippen LogP contribution in [0.1, 0.15) is 35.8 Å². The average Bonchev–Trinajstić information content (AvgIpc) is 2.75. The number of amides is 1. The highest BCUT2D eigenvalue weighted by Gasteiger charge is 2.25. The van der Waals surface area contributed by atoms with Gasteiger partial charge < -0.3 is 10.2 Å². The zero-order chi connectivity index (χ0) is 12.3. The predicted octanol–water partition coefficient (Wildman–Crippen LogP) is 0.932. The van der Waals surface area contributed by atoms with Gasteiger partial charge in [-0.3, -0.25) is 9.89 Å². The van der Waals surface area contributed by atoms with Crippen molar-refractivity contribution < 1.29 is 4.79 Å². The van der Waals surface area contributed by atoms with E-state index in [0.29, 0.717) is 11.6 Å². The predicted molar refractivity (Wildman–Crippen MR) is 65.9 cm³/mol. The molecule has 1 unspecified atom stereocenters. The fourth-order valence-corrected chi connectivity index (χ4v) is 2.35. The number of carbonyl (C=O) groups is 1. The first-order valence-corrected chi connectivity index (χ1v) is 6.25. The SMILES string of the molecule is CCNC1CCCN(C(=O)c2cn[nH]c2C)C1. The molecule has 1 aromatic heterocycles. The van der Waals surface area contributed by atoms with Crippen LogP contribution in [0.5, 0.6) is 0 Å². The van der Waals surface area contributed by atoms with Crippen LogP contribution in [-0.2, 0) is 0 Å². The van der Waals surface area contributed by atoms with Gasteiger partial charge in [-0.05, 0) is 26.3 Å². The fourth-order valence-electron chi connectivity index (χ4n) is 2.35. The van der Waals surface area contributed by atoms with E-state index in [2.05, 4.69) is 22.4 Å². The van der Waals surface area contributed by atoms with Crippen molar-refractivity contribution in [3.8, 4) is 0 Å². The fraction of sp³-hybridized carbons (Fsp3) is 0.667. The molecule has 1 aliphatic rings. The molecular formula is C12H20N4O. The van der Waals surface area contributed by atoms with Gasteiger partial charge in [0.05, 0.1) is 11.8 Å². The van der Waals surface area contributed by atoms with Crippen molar-refractivity contribution in [1.29, 1.82) is 0 Å². The van der Waals surface area contributed by atoms with Crippen LogP contribution in [0.15, 0.2) is 6.20 Å². The number of hydrogen-bond acceptors (Lipinski definition) is 3. The van der Waals surface area contributed by atoms with E-state index in [1.54, 1.807) is 6.20 Å². The normalized spacial score (nSPS) is 20.6. The second-order valence-electron chi connectivity index (χ2n) is 4.56. The summed E-state index contributed by atoms with van der Waals surface area (Å²) in [6, 6.07) is 0.435. The summed E-state index contributed by atoms with van der Waals surface area (Å²) in [5, 5.41) is 10.1. The second kappa shape index (κ2) is 5.31. The molecule has 0 bridgehead atoms. The van der Waals surface area contributed by atoms with Crippen LogP contribution < -0.4 is 5.32 Å². The maximum Gasteiger partial charge on any atom is 0.257 e. The summed E-state index contributed by atoms with van der Waals surface area (Å²) in [5.74, 6) is 0.0962. The Morgan fingerprint density at radius 2 is 2.53 bits per heavy atom. The van der Waals surface area contributed by atoms with Crippen molar-refractivity contribution in [1.82, 2.24) is 20.4 Å². The summed E-state index contributed by atoms with van der Waals surface area (Å²) < 4.78 is 0. The molecule has 0 spiro atoms. The number of likely N-dealkylation sites (tertiary alicyclic amines) is 1. The quantitative estimate of drug-likeness (QED) is 0.821. The minimum Gasteiger partial charge on any atom is -0.337 e. The lowest BCUT2D eigenvalue weighted by Crippen LogP contribution is -2.48. The highest BCUT2D eigenvalue weighted by atomic mass is 16.2. The molecule has 94 valence electrons. The van der Waals surface area contributed by atoms with Crippen molar-refractivity contribution in [3.05, 3.63) is 17.5 Å². The summed E-state index contributed by atoms with van der Waals surface area (Å²) in [6.07, 6.45) is 3.84. The molecule has 2 heterocycles. The van der Waals surface area contributed by atoms with Crippen molar-refractivity contribution in [2.45, 2.75) is 32.7 Å². The molecule has 0 aromatic carbocycles. The molecule has 0 aliphatic carbocycles. The third-order valence-electron chi connectivity index (χ3n) is 3.26. The standard InChI is InChI=1S/C12H20N4O/c1-3-13-10-5-4-6-16(8-10)12(17)11-7-14-15-9(11)2/h7,10,13H,3-6,8H2,1-2H3,(H,14,15). The van der Waals surface area contributed by atoms with Crippen molar-refractivity contribution in [3.63, 3.8) is 0 Å². The number of carbonyl (C=O) groups excluding carboxylic acids is 1. The van der Waals surface area contributed by atoms with Crippen LogP contribution in [0, 0.1) is 6.92 Å². The largest absolute Gasteiger partial charge is 0.337 e. The van der Waals surface area contributed by atoms with Crippen molar-refractivity contribution in [2.24, 2.45) is 0 Å². The number of aromatic amines is 1. The lowest BCUT2D eigenvalue weighted by atomic mass is 10.0. The smallest absolute Gasteiger partial charge is 0.257 e. The third-order valence-corrected chi connectivity index (χ3v) is 3.26. The van der Waals surface area contributed by atoms with E-state index in [0.717, 1.165) is 38.2 Å². The Bertz CT molecular complexity index is 386. The van der Waals surface area contributed by atoms with E-state index in [-0.39, 0.29) is 5.91 Å². The molecule has 0 saturated carbocycles. The van der Waals surface area contributed by atoms with E-state index in [9.17, 15) is 4.79 Å². The van der Waals surface area contributed by atoms with Crippen molar-refractivity contribution >= 4 is 5.91 Å². The highest BCUT2D eigenvalue weighted by Crippen LogP contribution is 2.14. The number of hydrogen-bond donors (Lipinski definition) is 2. The molecule has 17 heavy (non-hydrogen) atoms. The molecule has 1 saturated heterocycles. The Morgan fingerprint density at radius 1 is 1.71 bits per heavy atom. The number of aromatic nitrogens is 2. The number of piperidine rings is 1. The molecule has 1 fully saturated rings.